The monoisotopic (exact) mass is 265 g/mol. The molecule has 0 saturated carbocycles. The van der Waals surface area contributed by atoms with Crippen LogP contribution >= 0.6 is 0 Å². The van der Waals surface area contributed by atoms with Crippen molar-refractivity contribution >= 4 is 11.9 Å². The van der Waals surface area contributed by atoms with Crippen molar-refractivity contribution in [2.24, 2.45) is 5.92 Å². The van der Waals surface area contributed by atoms with Crippen LogP contribution in [-0.2, 0) is 17.6 Å². The van der Waals surface area contributed by atoms with E-state index in [2.05, 4.69) is 15.3 Å². The maximum Gasteiger partial charge on any atom is 0.326 e. The molecule has 106 valence electrons. The Morgan fingerprint density at radius 1 is 1.26 bits per heavy atom. The van der Waals surface area contributed by atoms with Gasteiger partial charge in [0.25, 0.3) is 0 Å². The molecule has 0 aromatic carbocycles. The molecule has 5 heteroatoms. The molecule has 1 heterocycles. The van der Waals surface area contributed by atoms with Gasteiger partial charge in [-0.25, -0.2) is 14.8 Å². The summed E-state index contributed by atoms with van der Waals surface area (Å²) in [5.41, 5.74) is 1.87. The lowest BCUT2D eigenvalue weighted by Gasteiger charge is -2.20. The van der Waals surface area contributed by atoms with Crippen LogP contribution in [0.3, 0.4) is 0 Å². The normalized spacial score (nSPS) is 13.9. The number of nitrogens with zero attached hydrogens (tertiary/aromatic N) is 2. The first kappa shape index (κ1) is 15.4. The second-order valence-electron chi connectivity index (χ2n) is 4.73. The minimum atomic E-state index is -0.863. The van der Waals surface area contributed by atoms with Gasteiger partial charge in [-0.1, -0.05) is 34.1 Å². The number of carboxylic acid groups (broad SMARTS) is 1. The predicted molar refractivity (Wildman–Crippen MR) is 75.3 cm³/mol. The molecule has 0 aliphatic rings. The van der Waals surface area contributed by atoms with Crippen molar-refractivity contribution in [3.63, 3.8) is 0 Å². The smallest absolute Gasteiger partial charge is 0.326 e. The second kappa shape index (κ2) is 7.07. The molecule has 1 rings (SSSR count). The Labute approximate surface area is 114 Å². The number of carbonyl (C=O) groups is 1. The zero-order valence-corrected chi connectivity index (χ0v) is 12.1. The van der Waals surface area contributed by atoms with Crippen LogP contribution in [-0.4, -0.2) is 27.1 Å². The van der Waals surface area contributed by atoms with Crippen molar-refractivity contribution in [1.82, 2.24) is 9.97 Å². The molecule has 1 aromatic heterocycles. The van der Waals surface area contributed by atoms with Gasteiger partial charge in [-0.15, -0.1) is 0 Å². The van der Waals surface area contributed by atoms with Crippen molar-refractivity contribution in [3.8, 4) is 0 Å². The summed E-state index contributed by atoms with van der Waals surface area (Å²) >= 11 is 0. The Kier molecular flexibility index (Phi) is 5.73. The Hall–Kier alpha value is -1.65. The van der Waals surface area contributed by atoms with Gasteiger partial charge in [0.15, 0.2) is 0 Å². The fraction of sp³-hybridized carbons (Fsp3) is 0.643. The molecule has 0 aliphatic carbocycles. The molecule has 0 spiro atoms. The topological polar surface area (TPSA) is 75.1 Å². The van der Waals surface area contributed by atoms with Crippen LogP contribution in [0.1, 0.15) is 45.5 Å². The Morgan fingerprint density at radius 2 is 1.79 bits per heavy atom. The standard InChI is InChI=1S/C14H23N3O2/c1-5-9(4)12(13(18)19)17-14-15-10(6-2)8-11(7-3)16-14/h8-9,12H,5-7H2,1-4H3,(H,18,19)(H,15,16,17)/t9-,12-/m0/s1. The summed E-state index contributed by atoms with van der Waals surface area (Å²) in [6.07, 6.45) is 2.41. The number of aliphatic carboxylic acids is 1. The molecule has 0 radical (unpaired) electrons. The van der Waals surface area contributed by atoms with E-state index in [9.17, 15) is 9.90 Å². The van der Waals surface area contributed by atoms with E-state index < -0.39 is 12.0 Å². The molecular weight excluding hydrogens is 242 g/mol. The predicted octanol–water partition coefficient (Wildman–Crippen LogP) is 2.51. The average molecular weight is 265 g/mol. The van der Waals surface area contributed by atoms with Gasteiger partial charge in [-0.3, -0.25) is 0 Å². The summed E-state index contributed by atoms with van der Waals surface area (Å²) in [5.74, 6) is -0.418. The number of aromatic nitrogens is 2. The van der Waals surface area contributed by atoms with Crippen molar-refractivity contribution in [3.05, 3.63) is 17.5 Å². The summed E-state index contributed by atoms with van der Waals surface area (Å²) in [6, 6.07) is 1.31. The van der Waals surface area contributed by atoms with E-state index in [1.54, 1.807) is 0 Å². The molecule has 0 unspecified atom stereocenters. The molecule has 0 aliphatic heterocycles. The molecule has 0 amide bonds. The average Bonchev–Trinajstić information content (AvgIpc) is 2.43. The third kappa shape index (κ3) is 4.19. The van der Waals surface area contributed by atoms with Crippen LogP contribution < -0.4 is 5.32 Å². The van der Waals surface area contributed by atoms with Crippen LogP contribution in [0.2, 0.25) is 0 Å². The lowest BCUT2D eigenvalue weighted by atomic mass is 9.99. The van der Waals surface area contributed by atoms with Crippen LogP contribution in [0.15, 0.2) is 6.07 Å². The van der Waals surface area contributed by atoms with Gasteiger partial charge in [0.05, 0.1) is 0 Å². The first-order valence-electron chi connectivity index (χ1n) is 6.87. The molecule has 0 fully saturated rings. The molecular formula is C14H23N3O2. The van der Waals surface area contributed by atoms with Crippen molar-refractivity contribution in [1.29, 1.82) is 0 Å². The summed E-state index contributed by atoms with van der Waals surface area (Å²) in [7, 11) is 0. The van der Waals surface area contributed by atoms with Gasteiger partial charge in [-0.2, -0.15) is 0 Å². The van der Waals surface area contributed by atoms with Gasteiger partial charge >= 0.3 is 5.97 Å². The van der Waals surface area contributed by atoms with Crippen molar-refractivity contribution in [2.45, 2.75) is 53.0 Å². The van der Waals surface area contributed by atoms with E-state index in [1.807, 2.05) is 33.8 Å². The van der Waals surface area contributed by atoms with Gasteiger partial charge in [-0.05, 0) is 24.8 Å². The number of hydrogen-bond acceptors (Lipinski definition) is 4. The fourth-order valence-electron chi connectivity index (χ4n) is 1.80. The number of hydrogen-bond donors (Lipinski definition) is 2. The van der Waals surface area contributed by atoms with Crippen LogP contribution in [0.5, 0.6) is 0 Å². The molecule has 2 N–H and O–H groups in total. The van der Waals surface area contributed by atoms with E-state index in [0.29, 0.717) is 5.95 Å². The Morgan fingerprint density at radius 3 is 2.16 bits per heavy atom. The highest BCUT2D eigenvalue weighted by Gasteiger charge is 2.24. The van der Waals surface area contributed by atoms with Gasteiger partial charge < -0.3 is 10.4 Å². The minimum Gasteiger partial charge on any atom is -0.480 e. The lowest BCUT2D eigenvalue weighted by molar-refractivity contribution is -0.139. The van der Waals surface area contributed by atoms with Crippen LogP contribution in [0.25, 0.3) is 0 Å². The number of nitrogens with one attached hydrogen (secondary N) is 1. The van der Waals surface area contributed by atoms with E-state index >= 15 is 0 Å². The van der Waals surface area contributed by atoms with E-state index in [1.165, 1.54) is 0 Å². The highest BCUT2D eigenvalue weighted by molar-refractivity contribution is 5.76. The summed E-state index contributed by atoms with van der Waals surface area (Å²) in [6.45, 7) is 7.93. The molecule has 19 heavy (non-hydrogen) atoms. The van der Waals surface area contributed by atoms with Crippen LogP contribution in [0, 0.1) is 5.92 Å². The molecule has 5 nitrogen and oxygen atoms in total. The third-order valence-electron chi connectivity index (χ3n) is 3.32. The Balaban J connectivity index is 2.98. The largest absolute Gasteiger partial charge is 0.480 e. The zero-order valence-electron chi connectivity index (χ0n) is 12.1. The van der Waals surface area contributed by atoms with Gasteiger partial charge in [0, 0.05) is 11.4 Å². The molecule has 0 bridgehead atoms. The number of carboxylic acids is 1. The summed E-state index contributed by atoms with van der Waals surface area (Å²) in [5, 5.41) is 12.2. The number of rotatable bonds is 7. The first-order valence-corrected chi connectivity index (χ1v) is 6.87. The summed E-state index contributed by atoms with van der Waals surface area (Å²) in [4.78, 5) is 20.0. The maximum absolute atomic E-state index is 11.3. The fourth-order valence-corrected chi connectivity index (χ4v) is 1.80. The summed E-state index contributed by atoms with van der Waals surface area (Å²) < 4.78 is 0. The lowest BCUT2D eigenvalue weighted by Crippen LogP contribution is -2.36. The van der Waals surface area contributed by atoms with E-state index in [4.69, 9.17) is 0 Å². The molecule has 2 atom stereocenters. The van der Waals surface area contributed by atoms with Crippen molar-refractivity contribution < 1.29 is 9.90 Å². The number of anilines is 1. The highest BCUT2D eigenvalue weighted by atomic mass is 16.4. The van der Waals surface area contributed by atoms with Crippen LogP contribution in [0.4, 0.5) is 5.95 Å². The zero-order chi connectivity index (χ0) is 14.4. The molecule has 0 saturated heterocycles. The first-order chi connectivity index (χ1) is 9.01. The van der Waals surface area contributed by atoms with E-state index in [0.717, 1.165) is 30.7 Å². The Bertz CT molecular complexity index is 412. The minimum absolute atomic E-state index is 0.0245. The molecule has 1 aromatic rings. The highest BCUT2D eigenvalue weighted by Crippen LogP contribution is 2.14. The quantitative estimate of drug-likeness (QED) is 0.792. The van der Waals surface area contributed by atoms with Crippen molar-refractivity contribution in [2.75, 3.05) is 5.32 Å². The SMILES string of the molecule is CCc1cc(CC)nc(N[C@H](C(=O)O)[C@@H](C)CC)n1. The third-order valence-corrected chi connectivity index (χ3v) is 3.32. The van der Waals surface area contributed by atoms with Gasteiger partial charge in [0.2, 0.25) is 5.95 Å². The number of aryl methyl sites for hydroxylation is 2. The maximum atomic E-state index is 11.3. The van der Waals surface area contributed by atoms with Gasteiger partial charge in [0.1, 0.15) is 6.04 Å². The van der Waals surface area contributed by atoms with E-state index in [-0.39, 0.29) is 5.92 Å². The second-order valence-corrected chi connectivity index (χ2v) is 4.73.